The van der Waals surface area contributed by atoms with Gasteiger partial charge in [-0.15, -0.1) is 11.3 Å². The molecule has 0 aliphatic carbocycles. The Morgan fingerprint density at radius 1 is 1.67 bits per heavy atom. The number of hydrogen-bond donors (Lipinski definition) is 1. The van der Waals surface area contributed by atoms with Gasteiger partial charge in [0.25, 0.3) is 0 Å². The van der Waals surface area contributed by atoms with E-state index < -0.39 is 11.4 Å². The largest absolute Gasteiger partial charge is 0.481 e. The number of likely N-dealkylation sites (tertiary alicyclic amines) is 1. The number of carboxylic acids is 1. The van der Waals surface area contributed by atoms with Crippen LogP contribution in [0.5, 0.6) is 0 Å². The van der Waals surface area contributed by atoms with Crippen LogP contribution in [0.4, 0.5) is 0 Å². The Labute approximate surface area is 112 Å². The quantitative estimate of drug-likeness (QED) is 0.911. The Morgan fingerprint density at radius 2 is 2.44 bits per heavy atom. The predicted molar refractivity (Wildman–Crippen MR) is 71.5 cm³/mol. The molecule has 0 amide bonds. The predicted octanol–water partition coefficient (Wildman–Crippen LogP) is 2.47. The van der Waals surface area contributed by atoms with E-state index in [1.54, 1.807) is 11.3 Å². The minimum absolute atomic E-state index is 0.224. The van der Waals surface area contributed by atoms with E-state index in [0.29, 0.717) is 0 Å². The van der Waals surface area contributed by atoms with E-state index in [1.165, 1.54) is 0 Å². The molecule has 0 bridgehead atoms. The topological polar surface area (TPSA) is 53.4 Å². The van der Waals surface area contributed by atoms with Crippen molar-refractivity contribution in [2.75, 3.05) is 13.1 Å². The van der Waals surface area contributed by atoms with Gasteiger partial charge in [-0.3, -0.25) is 9.69 Å². The van der Waals surface area contributed by atoms with Crippen LogP contribution in [0.1, 0.15) is 32.4 Å². The van der Waals surface area contributed by atoms with Crippen molar-refractivity contribution in [1.29, 1.82) is 0 Å². The average molecular weight is 268 g/mol. The number of aliphatic carboxylic acids is 1. The van der Waals surface area contributed by atoms with Crippen molar-refractivity contribution in [1.82, 2.24) is 9.88 Å². The maximum absolute atomic E-state index is 11.3. The molecule has 0 aromatic carbocycles. The number of hydrogen-bond acceptors (Lipinski definition) is 4. The maximum Gasteiger partial charge on any atom is 0.309 e. The summed E-state index contributed by atoms with van der Waals surface area (Å²) in [5, 5.41) is 11.4. The first-order chi connectivity index (χ1) is 8.50. The second kappa shape index (κ2) is 5.36. The molecule has 1 saturated heterocycles. The number of aromatic nitrogens is 1. The Bertz CT molecular complexity index is 403. The smallest absolute Gasteiger partial charge is 0.309 e. The van der Waals surface area contributed by atoms with E-state index in [4.69, 9.17) is 0 Å². The lowest BCUT2D eigenvalue weighted by Gasteiger charge is -2.39. The molecule has 1 aliphatic rings. The van der Waals surface area contributed by atoms with Crippen LogP contribution in [0.3, 0.4) is 0 Å². The number of nitrogens with zero attached hydrogens (tertiary/aromatic N) is 2. The normalized spacial score (nSPS) is 22.0. The summed E-state index contributed by atoms with van der Waals surface area (Å²) in [7, 11) is 0. The van der Waals surface area contributed by atoms with Gasteiger partial charge in [0.2, 0.25) is 0 Å². The molecule has 1 aliphatic heterocycles. The van der Waals surface area contributed by atoms with Gasteiger partial charge in [-0.1, -0.05) is 0 Å². The molecule has 1 fully saturated rings. The number of thiazole rings is 1. The summed E-state index contributed by atoms with van der Waals surface area (Å²) in [5.41, 5.74) is 2.30. The number of rotatable bonds is 4. The zero-order valence-electron chi connectivity index (χ0n) is 10.9. The molecule has 5 heteroatoms. The molecule has 18 heavy (non-hydrogen) atoms. The highest BCUT2D eigenvalue weighted by molar-refractivity contribution is 7.07. The summed E-state index contributed by atoms with van der Waals surface area (Å²) in [6.07, 6.45) is 2.08. The van der Waals surface area contributed by atoms with Gasteiger partial charge in [0, 0.05) is 18.5 Å². The summed E-state index contributed by atoms with van der Waals surface area (Å²) < 4.78 is 0. The molecule has 0 spiro atoms. The molecule has 1 unspecified atom stereocenters. The summed E-state index contributed by atoms with van der Waals surface area (Å²) in [4.78, 5) is 17.9. The molecule has 4 nitrogen and oxygen atoms in total. The van der Waals surface area contributed by atoms with Gasteiger partial charge >= 0.3 is 5.97 Å². The Morgan fingerprint density at radius 3 is 3.06 bits per heavy atom. The summed E-state index contributed by atoms with van der Waals surface area (Å²) in [5.74, 6) is -0.467. The lowest BCUT2D eigenvalue weighted by Crippen LogP contribution is -2.44. The fourth-order valence-corrected chi connectivity index (χ4v) is 3.06. The van der Waals surface area contributed by atoms with E-state index in [1.807, 2.05) is 19.4 Å². The van der Waals surface area contributed by atoms with Gasteiger partial charge < -0.3 is 5.11 Å². The van der Waals surface area contributed by atoms with Crippen molar-refractivity contribution in [2.24, 2.45) is 11.3 Å². The van der Waals surface area contributed by atoms with Gasteiger partial charge in [-0.05, 0) is 39.2 Å². The van der Waals surface area contributed by atoms with Crippen LogP contribution in [-0.4, -0.2) is 34.0 Å². The van der Waals surface area contributed by atoms with Crippen molar-refractivity contribution >= 4 is 17.3 Å². The van der Waals surface area contributed by atoms with Crippen LogP contribution in [-0.2, 0) is 11.3 Å². The van der Waals surface area contributed by atoms with Gasteiger partial charge in [-0.2, -0.15) is 0 Å². The minimum atomic E-state index is -0.692. The number of piperidine rings is 1. The lowest BCUT2D eigenvalue weighted by atomic mass is 9.74. The highest BCUT2D eigenvalue weighted by atomic mass is 32.1. The summed E-state index contributed by atoms with van der Waals surface area (Å²) in [6.45, 7) is 6.43. The van der Waals surface area contributed by atoms with Crippen LogP contribution in [0.25, 0.3) is 0 Å². The fraction of sp³-hybridized carbons (Fsp3) is 0.692. The first kappa shape index (κ1) is 13.5. The van der Waals surface area contributed by atoms with Crippen LogP contribution in [0.15, 0.2) is 10.9 Å². The molecule has 2 heterocycles. The average Bonchev–Trinajstić information content (AvgIpc) is 2.82. The lowest BCUT2D eigenvalue weighted by molar-refractivity contribution is -0.151. The zero-order valence-corrected chi connectivity index (χ0v) is 11.7. The second-order valence-electron chi connectivity index (χ2n) is 5.58. The highest BCUT2D eigenvalue weighted by Gasteiger charge is 2.38. The first-order valence-electron chi connectivity index (χ1n) is 6.33. The number of carboxylic acid groups (broad SMARTS) is 1. The molecule has 2 rings (SSSR count). The maximum atomic E-state index is 11.3. The van der Waals surface area contributed by atoms with Crippen molar-refractivity contribution in [3.63, 3.8) is 0 Å². The SMILES string of the molecule is CC(C)(C(=O)O)C1CCCN(Cc2cscn2)C1. The third kappa shape index (κ3) is 2.90. The first-order valence-corrected chi connectivity index (χ1v) is 7.27. The van der Waals surface area contributed by atoms with Crippen LogP contribution in [0, 0.1) is 11.3 Å². The zero-order chi connectivity index (χ0) is 13.2. The van der Waals surface area contributed by atoms with Gasteiger partial charge in [-0.25, -0.2) is 4.98 Å². The fourth-order valence-electron chi connectivity index (χ4n) is 2.51. The summed E-state index contributed by atoms with van der Waals surface area (Å²) >= 11 is 1.61. The van der Waals surface area contributed by atoms with Crippen LogP contribution in [0.2, 0.25) is 0 Å². The third-order valence-corrected chi connectivity index (χ3v) is 4.58. The molecule has 1 aromatic rings. The standard InChI is InChI=1S/C13H20N2O2S/c1-13(2,12(16)17)10-4-3-5-15(6-10)7-11-8-18-9-14-11/h8-10H,3-7H2,1-2H3,(H,16,17). The van der Waals surface area contributed by atoms with E-state index in [0.717, 1.165) is 38.2 Å². The Kier molecular flexibility index (Phi) is 4.02. The molecule has 0 saturated carbocycles. The van der Waals surface area contributed by atoms with Crippen LogP contribution >= 0.6 is 11.3 Å². The number of carbonyl (C=O) groups is 1. The molecule has 100 valence electrons. The molecular weight excluding hydrogens is 248 g/mol. The van der Waals surface area contributed by atoms with Gasteiger partial charge in [0.1, 0.15) is 0 Å². The molecule has 1 N–H and O–H groups in total. The highest BCUT2D eigenvalue weighted by Crippen LogP contribution is 2.34. The Hall–Kier alpha value is -0.940. The molecule has 1 atom stereocenters. The second-order valence-corrected chi connectivity index (χ2v) is 6.30. The monoisotopic (exact) mass is 268 g/mol. The van der Waals surface area contributed by atoms with E-state index in [2.05, 4.69) is 15.3 Å². The van der Waals surface area contributed by atoms with Crippen molar-refractivity contribution in [2.45, 2.75) is 33.2 Å². The third-order valence-electron chi connectivity index (χ3n) is 3.95. The molecule has 1 aromatic heterocycles. The van der Waals surface area contributed by atoms with Gasteiger partial charge in [0.15, 0.2) is 0 Å². The van der Waals surface area contributed by atoms with E-state index in [9.17, 15) is 9.90 Å². The Balaban J connectivity index is 1.98. The summed E-state index contributed by atoms with van der Waals surface area (Å²) in [6, 6.07) is 0. The van der Waals surface area contributed by atoms with Crippen molar-refractivity contribution < 1.29 is 9.90 Å². The van der Waals surface area contributed by atoms with Gasteiger partial charge in [0.05, 0.1) is 16.6 Å². The van der Waals surface area contributed by atoms with E-state index in [-0.39, 0.29) is 5.92 Å². The minimum Gasteiger partial charge on any atom is -0.481 e. The van der Waals surface area contributed by atoms with E-state index >= 15 is 0 Å². The molecule has 0 radical (unpaired) electrons. The van der Waals surface area contributed by atoms with Crippen LogP contribution < -0.4 is 0 Å². The van der Waals surface area contributed by atoms with Crippen molar-refractivity contribution in [3.8, 4) is 0 Å². The molecular formula is C13H20N2O2S. The van der Waals surface area contributed by atoms with Crippen molar-refractivity contribution in [3.05, 3.63) is 16.6 Å².